The highest BCUT2D eigenvalue weighted by Gasteiger charge is 2.14. The van der Waals surface area contributed by atoms with Crippen molar-refractivity contribution in [2.75, 3.05) is 19.5 Å². The number of aliphatic carboxylic acids is 1. The fourth-order valence-electron chi connectivity index (χ4n) is 3.86. The van der Waals surface area contributed by atoms with Gasteiger partial charge in [0.15, 0.2) is 9.84 Å². The van der Waals surface area contributed by atoms with E-state index in [0.717, 1.165) is 31.8 Å². The number of sulfone groups is 1. The third kappa shape index (κ3) is 10.3. The SMILES string of the molecule is COc1ccc(S(=O)(=O)CCCCCCCOc2ccc(COc3cccc(C(=O)O)c3)nc2C=CC(=O)O)cc1. The zero-order valence-corrected chi connectivity index (χ0v) is 23.5. The largest absolute Gasteiger partial charge is 0.497 e. The Labute approximate surface area is 239 Å². The Morgan fingerprint density at radius 1 is 0.878 bits per heavy atom. The maximum atomic E-state index is 12.5. The van der Waals surface area contributed by atoms with E-state index in [1.807, 2.05) is 0 Å². The smallest absolute Gasteiger partial charge is 0.335 e. The van der Waals surface area contributed by atoms with Crippen molar-refractivity contribution in [3.05, 3.63) is 83.7 Å². The molecule has 0 aliphatic rings. The molecule has 0 atom stereocenters. The van der Waals surface area contributed by atoms with Gasteiger partial charge in [-0.1, -0.05) is 25.3 Å². The molecule has 0 aliphatic carbocycles. The number of aromatic carboxylic acids is 1. The Hall–Kier alpha value is -4.38. The van der Waals surface area contributed by atoms with Crippen LogP contribution in [-0.4, -0.2) is 55.0 Å². The third-order valence-electron chi connectivity index (χ3n) is 6.03. The van der Waals surface area contributed by atoms with E-state index in [0.29, 0.717) is 41.7 Å². The minimum Gasteiger partial charge on any atom is -0.497 e. The van der Waals surface area contributed by atoms with Gasteiger partial charge >= 0.3 is 11.9 Å². The molecule has 0 fully saturated rings. The standard InChI is InChI=1S/C30H33NO9S/c1-38-24-11-13-26(14-12-24)41(36,37)19-6-4-2-3-5-18-39-28-16-10-23(31-27(28)15-17-29(32)33)21-40-25-9-7-8-22(20-25)30(34)35/h7-17,20H,2-6,18-19,21H2,1H3,(H,32,33)(H,34,35). The predicted octanol–water partition coefficient (Wildman–Crippen LogP) is 5.27. The van der Waals surface area contributed by atoms with Gasteiger partial charge in [0.25, 0.3) is 0 Å². The van der Waals surface area contributed by atoms with E-state index in [2.05, 4.69) is 4.98 Å². The van der Waals surface area contributed by atoms with Crippen molar-refractivity contribution in [2.45, 2.75) is 43.6 Å². The number of methoxy groups -OCH3 is 1. The van der Waals surface area contributed by atoms with Crippen molar-refractivity contribution in [3.63, 3.8) is 0 Å². The molecule has 2 aromatic carbocycles. The average Bonchev–Trinajstić information content (AvgIpc) is 2.97. The quantitative estimate of drug-likeness (QED) is 0.159. The van der Waals surface area contributed by atoms with Crippen molar-refractivity contribution in [2.24, 2.45) is 0 Å². The van der Waals surface area contributed by atoms with E-state index in [1.165, 1.54) is 25.3 Å². The number of pyridine rings is 1. The number of hydrogen-bond donors (Lipinski definition) is 2. The fourth-order valence-corrected chi connectivity index (χ4v) is 5.23. The summed E-state index contributed by atoms with van der Waals surface area (Å²) in [7, 11) is -1.80. The number of aromatic nitrogens is 1. The highest BCUT2D eigenvalue weighted by atomic mass is 32.2. The Bertz CT molecular complexity index is 1450. The number of benzene rings is 2. The van der Waals surface area contributed by atoms with Gasteiger partial charge < -0.3 is 24.4 Å². The molecule has 11 heteroatoms. The van der Waals surface area contributed by atoms with Gasteiger partial charge in [-0.2, -0.15) is 0 Å². The maximum absolute atomic E-state index is 12.5. The van der Waals surface area contributed by atoms with E-state index in [1.54, 1.807) is 48.5 Å². The van der Waals surface area contributed by atoms with Crippen LogP contribution in [0.3, 0.4) is 0 Å². The van der Waals surface area contributed by atoms with Gasteiger partial charge in [-0.3, -0.25) is 0 Å². The van der Waals surface area contributed by atoms with Gasteiger partial charge in [-0.15, -0.1) is 0 Å². The van der Waals surface area contributed by atoms with E-state index in [9.17, 15) is 18.0 Å². The lowest BCUT2D eigenvalue weighted by Gasteiger charge is -2.11. The van der Waals surface area contributed by atoms with Crippen LogP contribution in [0, 0.1) is 0 Å². The molecule has 0 radical (unpaired) electrons. The first-order valence-corrected chi connectivity index (χ1v) is 14.7. The van der Waals surface area contributed by atoms with Gasteiger partial charge in [-0.25, -0.2) is 23.0 Å². The first-order valence-electron chi connectivity index (χ1n) is 13.0. The summed E-state index contributed by atoms with van der Waals surface area (Å²) < 4.78 is 41.5. The van der Waals surface area contributed by atoms with Crippen molar-refractivity contribution < 1.29 is 42.4 Å². The minimum atomic E-state index is -3.33. The molecule has 0 unspecified atom stereocenters. The Kier molecular flexibility index (Phi) is 11.7. The predicted molar refractivity (Wildman–Crippen MR) is 152 cm³/mol. The molecule has 218 valence electrons. The molecule has 3 rings (SSSR count). The molecule has 1 aromatic heterocycles. The Morgan fingerprint density at radius 2 is 1.61 bits per heavy atom. The second-order valence-electron chi connectivity index (χ2n) is 9.09. The number of carboxylic acid groups (broad SMARTS) is 2. The molecular formula is C30H33NO9S. The van der Waals surface area contributed by atoms with Crippen LogP contribution in [0.2, 0.25) is 0 Å². The lowest BCUT2D eigenvalue weighted by Crippen LogP contribution is -2.07. The summed E-state index contributed by atoms with van der Waals surface area (Å²) >= 11 is 0. The summed E-state index contributed by atoms with van der Waals surface area (Å²) in [6, 6.07) is 15.8. The van der Waals surface area contributed by atoms with E-state index in [4.69, 9.17) is 24.4 Å². The summed E-state index contributed by atoms with van der Waals surface area (Å²) in [6.45, 7) is 0.434. The van der Waals surface area contributed by atoms with Crippen LogP contribution in [-0.2, 0) is 21.2 Å². The highest BCUT2D eigenvalue weighted by Crippen LogP contribution is 2.22. The molecule has 41 heavy (non-hydrogen) atoms. The number of unbranched alkanes of at least 4 members (excludes halogenated alkanes) is 4. The lowest BCUT2D eigenvalue weighted by molar-refractivity contribution is -0.131. The first kappa shape index (κ1) is 31.2. The number of ether oxygens (including phenoxy) is 3. The highest BCUT2D eigenvalue weighted by molar-refractivity contribution is 7.91. The monoisotopic (exact) mass is 583 g/mol. The number of hydrogen-bond acceptors (Lipinski definition) is 8. The molecule has 3 aromatic rings. The van der Waals surface area contributed by atoms with Gasteiger partial charge in [0, 0.05) is 6.08 Å². The van der Waals surface area contributed by atoms with Crippen molar-refractivity contribution >= 4 is 27.9 Å². The number of carbonyl (C=O) groups is 2. The van der Waals surface area contributed by atoms with E-state index < -0.39 is 21.8 Å². The summed E-state index contributed by atoms with van der Waals surface area (Å²) in [4.78, 5) is 26.9. The average molecular weight is 584 g/mol. The zero-order chi connectivity index (χ0) is 29.7. The summed E-state index contributed by atoms with van der Waals surface area (Å²) in [5.41, 5.74) is 0.937. The topological polar surface area (TPSA) is 149 Å². The van der Waals surface area contributed by atoms with E-state index in [-0.39, 0.29) is 22.8 Å². The van der Waals surface area contributed by atoms with Crippen LogP contribution < -0.4 is 14.2 Å². The summed E-state index contributed by atoms with van der Waals surface area (Å²) in [6.07, 6.45) is 6.08. The van der Waals surface area contributed by atoms with Crippen LogP contribution in [0.4, 0.5) is 0 Å². The Morgan fingerprint density at radius 3 is 2.32 bits per heavy atom. The summed E-state index contributed by atoms with van der Waals surface area (Å²) in [5, 5.41) is 18.2. The molecule has 0 bridgehead atoms. The molecule has 0 saturated heterocycles. The molecular weight excluding hydrogens is 550 g/mol. The normalized spacial score (nSPS) is 11.3. The van der Waals surface area contributed by atoms with Crippen molar-refractivity contribution in [1.82, 2.24) is 4.98 Å². The lowest BCUT2D eigenvalue weighted by atomic mass is 10.2. The Balaban J connectivity index is 1.45. The molecule has 0 saturated carbocycles. The zero-order valence-electron chi connectivity index (χ0n) is 22.7. The van der Waals surface area contributed by atoms with Crippen LogP contribution >= 0.6 is 0 Å². The van der Waals surface area contributed by atoms with Crippen LogP contribution in [0.15, 0.2) is 71.6 Å². The van der Waals surface area contributed by atoms with Gasteiger partial charge in [-0.05, 0) is 73.5 Å². The first-order chi connectivity index (χ1) is 19.7. The molecule has 10 nitrogen and oxygen atoms in total. The molecule has 0 spiro atoms. The number of carboxylic acids is 2. The van der Waals surface area contributed by atoms with E-state index >= 15 is 0 Å². The molecule has 2 N–H and O–H groups in total. The third-order valence-corrected chi connectivity index (χ3v) is 7.85. The molecule has 0 aliphatic heterocycles. The fraction of sp³-hybridized carbons (Fsp3) is 0.300. The minimum absolute atomic E-state index is 0.0471. The van der Waals surface area contributed by atoms with Gasteiger partial charge in [0.05, 0.1) is 35.6 Å². The maximum Gasteiger partial charge on any atom is 0.335 e. The second kappa shape index (κ2) is 15.4. The number of nitrogens with zero attached hydrogens (tertiary/aromatic N) is 1. The summed E-state index contributed by atoms with van der Waals surface area (Å²) in [5.74, 6) is -0.704. The molecule has 1 heterocycles. The van der Waals surface area contributed by atoms with Crippen molar-refractivity contribution in [1.29, 1.82) is 0 Å². The molecule has 0 amide bonds. The van der Waals surface area contributed by atoms with Crippen molar-refractivity contribution in [3.8, 4) is 17.2 Å². The van der Waals surface area contributed by atoms with Crippen LogP contribution in [0.5, 0.6) is 17.2 Å². The van der Waals surface area contributed by atoms with Gasteiger partial charge in [0.1, 0.15) is 29.5 Å². The number of rotatable bonds is 17. The van der Waals surface area contributed by atoms with Gasteiger partial charge in [0.2, 0.25) is 0 Å². The van der Waals surface area contributed by atoms with Crippen LogP contribution in [0.25, 0.3) is 6.08 Å². The van der Waals surface area contributed by atoms with Crippen LogP contribution in [0.1, 0.15) is 53.8 Å². The second-order valence-corrected chi connectivity index (χ2v) is 11.2.